The molecule has 0 radical (unpaired) electrons. The molecule has 0 saturated heterocycles. The number of rotatable bonds is 13. The van der Waals surface area contributed by atoms with Gasteiger partial charge in [-0.2, -0.15) is 0 Å². The van der Waals surface area contributed by atoms with Crippen LogP contribution in [0.15, 0.2) is 10.1 Å². The standard InChI is InChI=1S/C36H53ClN4O7Si/c1-11-14-16-45-29-24-21(32(37)39-33(29)38-13-3)18-20-19-22-26(41(7)8)28-25(34(40-47-28)46-17-15-12-2)31(44)36(22,30(43)23(20)27(24)42)48-49(9,10)35(4,5)6/h20,22,26,42H,11-19H2,1-10H3,(H,38,39)/t20-,22-,26-,36-/m0/s1. The molecule has 0 aliphatic heterocycles. The van der Waals surface area contributed by atoms with Crippen LogP contribution >= 0.6 is 11.6 Å². The molecule has 0 amide bonds. The van der Waals surface area contributed by atoms with Crippen LogP contribution in [0.5, 0.6) is 11.6 Å². The first-order chi connectivity index (χ1) is 23.1. The van der Waals surface area contributed by atoms with Crippen LogP contribution in [-0.2, 0) is 15.6 Å². The summed E-state index contributed by atoms with van der Waals surface area (Å²) < 4.78 is 25.4. The van der Waals surface area contributed by atoms with Gasteiger partial charge in [0.2, 0.25) is 11.6 Å². The number of nitrogens with zero attached hydrogens (tertiary/aromatic N) is 3. The van der Waals surface area contributed by atoms with Crippen LogP contribution in [0.3, 0.4) is 0 Å². The van der Waals surface area contributed by atoms with Gasteiger partial charge in [0.15, 0.2) is 31.2 Å². The van der Waals surface area contributed by atoms with Crippen LogP contribution in [0.4, 0.5) is 5.82 Å². The summed E-state index contributed by atoms with van der Waals surface area (Å²) in [5.41, 5.74) is -0.706. The van der Waals surface area contributed by atoms with E-state index in [9.17, 15) is 5.11 Å². The normalized spacial score (nSPS) is 23.6. The second-order valence-corrected chi connectivity index (χ2v) is 20.3. The molecule has 0 unspecified atom stereocenters. The fraction of sp³-hybridized carbons (Fsp3) is 0.667. The second-order valence-electron chi connectivity index (χ2n) is 15.3. The fourth-order valence-electron chi connectivity index (χ4n) is 7.19. The molecule has 2 aromatic heterocycles. The molecule has 13 heteroatoms. The summed E-state index contributed by atoms with van der Waals surface area (Å²) in [4.78, 5) is 37.4. The Labute approximate surface area is 296 Å². The molecule has 4 atom stereocenters. The number of ketones is 2. The maximum Gasteiger partial charge on any atom is 0.265 e. The van der Waals surface area contributed by atoms with Gasteiger partial charge in [-0.05, 0) is 75.9 Å². The van der Waals surface area contributed by atoms with E-state index in [4.69, 9.17) is 30.0 Å². The van der Waals surface area contributed by atoms with Gasteiger partial charge in [0.25, 0.3) is 5.88 Å². The molecule has 2 aromatic rings. The van der Waals surface area contributed by atoms with Crippen molar-refractivity contribution >= 4 is 43.1 Å². The zero-order chi connectivity index (χ0) is 36.1. The monoisotopic (exact) mass is 716 g/mol. The molecular weight excluding hydrogens is 664 g/mol. The van der Waals surface area contributed by atoms with Crippen molar-refractivity contribution < 1.29 is 33.1 Å². The maximum atomic E-state index is 15.5. The number of aliphatic hydroxyl groups is 1. The van der Waals surface area contributed by atoms with Crippen LogP contribution in [0.2, 0.25) is 23.3 Å². The van der Waals surface area contributed by atoms with E-state index in [-0.39, 0.29) is 33.0 Å². The van der Waals surface area contributed by atoms with Gasteiger partial charge in [-0.1, -0.05) is 59.1 Å². The number of pyridine rings is 1. The molecule has 2 N–H and O–H groups in total. The molecule has 3 aliphatic carbocycles. The number of anilines is 1. The lowest BCUT2D eigenvalue weighted by atomic mass is 9.57. The third-order valence-corrected chi connectivity index (χ3v) is 15.5. The first-order valence-corrected chi connectivity index (χ1v) is 21.0. The number of aliphatic hydroxyl groups excluding tert-OH is 1. The Kier molecular flexibility index (Phi) is 10.7. The zero-order valence-corrected chi connectivity index (χ0v) is 32.5. The van der Waals surface area contributed by atoms with Crippen molar-refractivity contribution in [3.63, 3.8) is 0 Å². The molecule has 11 nitrogen and oxygen atoms in total. The van der Waals surface area contributed by atoms with Gasteiger partial charge in [-0.15, -0.1) is 0 Å². The van der Waals surface area contributed by atoms with Crippen molar-refractivity contribution in [3.05, 3.63) is 33.2 Å². The number of aromatic nitrogens is 2. The molecule has 1 fully saturated rings. The lowest BCUT2D eigenvalue weighted by molar-refractivity contribution is -0.140. The molecule has 3 aliphatic rings. The van der Waals surface area contributed by atoms with E-state index in [1.807, 2.05) is 45.9 Å². The van der Waals surface area contributed by atoms with Crippen molar-refractivity contribution in [1.29, 1.82) is 0 Å². The highest BCUT2D eigenvalue weighted by atomic mass is 35.5. The molecule has 270 valence electrons. The lowest BCUT2D eigenvalue weighted by Gasteiger charge is -2.55. The van der Waals surface area contributed by atoms with Crippen LogP contribution in [0, 0.1) is 11.8 Å². The lowest BCUT2D eigenvalue weighted by Crippen LogP contribution is -2.68. The maximum absolute atomic E-state index is 15.5. The predicted octanol–water partition coefficient (Wildman–Crippen LogP) is 7.80. The summed E-state index contributed by atoms with van der Waals surface area (Å²) in [5, 5.41) is 19.6. The predicted molar refractivity (Wildman–Crippen MR) is 192 cm³/mol. The number of fused-ring (bicyclic) bond motifs is 4. The fourth-order valence-corrected chi connectivity index (χ4v) is 8.89. The smallest absolute Gasteiger partial charge is 0.265 e. The van der Waals surface area contributed by atoms with Gasteiger partial charge in [0.1, 0.15) is 16.5 Å². The van der Waals surface area contributed by atoms with Crippen LogP contribution in [-0.4, -0.2) is 79.5 Å². The second kappa shape index (κ2) is 14.0. The molecule has 1 saturated carbocycles. The van der Waals surface area contributed by atoms with Gasteiger partial charge in [-0.25, -0.2) is 4.98 Å². The van der Waals surface area contributed by atoms with E-state index in [1.54, 1.807) is 0 Å². The van der Waals surface area contributed by atoms with E-state index in [2.05, 4.69) is 43.2 Å². The van der Waals surface area contributed by atoms with Gasteiger partial charge < -0.3 is 28.8 Å². The molecule has 0 bridgehead atoms. The van der Waals surface area contributed by atoms with Crippen molar-refractivity contribution in [2.45, 2.75) is 110 Å². The summed E-state index contributed by atoms with van der Waals surface area (Å²) in [6.45, 7) is 17.6. The van der Waals surface area contributed by atoms with Crippen LogP contribution in [0.25, 0.3) is 5.76 Å². The highest BCUT2D eigenvalue weighted by Crippen LogP contribution is 2.59. The van der Waals surface area contributed by atoms with Crippen LogP contribution in [0.1, 0.15) is 107 Å². The number of unbranched alkanes of at least 4 members (excludes halogenated alkanes) is 2. The average Bonchev–Trinajstić information content (AvgIpc) is 3.43. The molecular formula is C36H53ClN4O7Si. The molecule has 49 heavy (non-hydrogen) atoms. The summed E-state index contributed by atoms with van der Waals surface area (Å²) >= 11 is 6.83. The molecule has 2 heterocycles. The topological polar surface area (TPSA) is 136 Å². The number of hydrogen-bond donors (Lipinski definition) is 2. The van der Waals surface area contributed by atoms with Crippen molar-refractivity contribution in [1.82, 2.24) is 15.0 Å². The first-order valence-electron chi connectivity index (χ1n) is 17.7. The number of carbonyl (C=O) groups is 2. The number of nitrogens with one attached hydrogen (secondary N) is 1. The molecule has 5 rings (SSSR count). The van der Waals surface area contributed by atoms with Crippen LogP contribution < -0.4 is 14.8 Å². The van der Waals surface area contributed by atoms with Crippen molar-refractivity contribution in [2.75, 3.05) is 39.2 Å². The molecule has 0 aromatic carbocycles. The number of ether oxygens (including phenoxy) is 2. The minimum absolute atomic E-state index is 0.0684. The quantitative estimate of drug-likeness (QED) is 0.0909. The van der Waals surface area contributed by atoms with E-state index < -0.39 is 43.4 Å². The Bertz CT molecular complexity index is 1630. The average molecular weight is 717 g/mol. The first kappa shape index (κ1) is 37.3. The number of halogens is 1. The zero-order valence-electron chi connectivity index (χ0n) is 30.7. The minimum Gasteiger partial charge on any atom is -0.507 e. The summed E-state index contributed by atoms with van der Waals surface area (Å²) in [6, 6.07) is -0.541. The largest absolute Gasteiger partial charge is 0.507 e. The third kappa shape index (κ3) is 6.20. The number of hydrogen-bond acceptors (Lipinski definition) is 11. The van der Waals surface area contributed by atoms with Crippen molar-refractivity contribution in [2.24, 2.45) is 11.8 Å². The highest BCUT2D eigenvalue weighted by molar-refractivity contribution is 6.74. The van der Waals surface area contributed by atoms with Gasteiger partial charge in [0.05, 0.1) is 24.8 Å². The Morgan fingerprint density at radius 1 is 1.06 bits per heavy atom. The van der Waals surface area contributed by atoms with E-state index in [1.165, 1.54) is 0 Å². The van der Waals surface area contributed by atoms with Crippen molar-refractivity contribution in [3.8, 4) is 11.6 Å². The minimum atomic E-state index is -2.84. The third-order valence-electron chi connectivity index (χ3n) is 10.7. The Balaban J connectivity index is 1.78. The molecule has 0 spiro atoms. The summed E-state index contributed by atoms with van der Waals surface area (Å²) in [7, 11) is 0.953. The SMILES string of the molecule is CCCCOc1noc2c1C(=O)[C@@]1(O[Si](C)(C)C(C)(C)C)C(=O)C3=C(O)c4c(c(Cl)nc(NCC)c4OCCCC)C[C@H]3C[C@H]1[C@@H]2N(C)C. The van der Waals surface area contributed by atoms with E-state index in [0.717, 1.165) is 25.7 Å². The Hall–Kier alpha value is -2.93. The Morgan fingerprint density at radius 2 is 1.71 bits per heavy atom. The van der Waals surface area contributed by atoms with Gasteiger partial charge in [0, 0.05) is 23.6 Å². The van der Waals surface area contributed by atoms with Gasteiger partial charge in [-0.3, -0.25) is 14.5 Å². The van der Waals surface area contributed by atoms with E-state index in [0.29, 0.717) is 61.1 Å². The van der Waals surface area contributed by atoms with Gasteiger partial charge >= 0.3 is 0 Å². The number of carbonyl (C=O) groups excluding carboxylic acids is 2. The Morgan fingerprint density at radius 3 is 2.31 bits per heavy atom. The highest BCUT2D eigenvalue weighted by Gasteiger charge is 2.69. The summed E-state index contributed by atoms with van der Waals surface area (Å²) in [6.07, 6.45) is 4.03. The summed E-state index contributed by atoms with van der Waals surface area (Å²) in [5.74, 6) is -1.26. The van der Waals surface area contributed by atoms with E-state index >= 15 is 9.59 Å². The number of Topliss-reactive ketones (excluding diaryl/α,β-unsaturated/α-hetero) is 2.